The third-order valence-electron chi connectivity index (χ3n) is 6.96. The number of rotatable bonds is 14. The molecule has 0 aliphatic carbocycles. The minimum atomic E-state index is -0.612. The van der Waals surface area contributed by atoms with Gasteiger partial charge >= 0.3 is 23.9 Å². The molecule has 244 valence electrons. The summed E-state index contributed by atoms with van der Waals surface area (Å²) < 4.78 is 20.6. The SMILES string of the molecule is Cc1cc(C(=O)c2ccc(C(=O)OCCOC(=O)C=Cc3ccccc3)c(C)c2)ccc1C(=O)OCCOC(=O)C=Cc1ccccc1. The summed E-state index contributed by atoms with van der Waals surface area (Å²) in [5, 5.41) is 0. The molecule has 0 atom stereocenters. The van der Waals surface area contributed by atoms with E-state index in [4.69, 9.17) is 18.9 Å². The molecule has 4 aromatic rings. The smallest absolute Gasteiger partial charge is 0.338 e. The number of hydrogen-bond acceptors (Lipinski definition) is 9. The lowest BCUT2D eigenvalue weighted by molar-refractivity contribution is -0.139. The van der Waals surface area contributed by atoms with Gasteiger partial charge in [-0.1, -0.05) is 72.8 Å². The van der Waals surface area contributed by atoms with E-state index < -0.39 is 23.9 Å². The second kappa shape index (κ2) is 17.6. The maximum absolute atomic E-state index is 13.2. The lowest BCUT2D eigenvalue weighted by Gasteiger charge is -2.11. The predicted octanol–water partition coefficient (Wildman–Crippen LogP) is 6.36. The Hall–Kier alpha value is -6.09. The second-order valence-electron chi connectivity index (χ2n) is 10.5. The monoisotopic (exact) mass is 646 g/mol. The van der Waals surface area contributed by atoms with Gasteiger partial charge in [0.2, 0.25) is 0 Å². The Balaban J connectivity index is 1.23. The van der Waals surface area contributed by atoms with Crippen molar-refractivity contribution < 1.29 is 42.9 Å². The fourth-order valence-electron chi connectivity index (χ4n) is 4.50. The molecule has 0 fully saturated rings. The van der Waals surface area contributed by atoms with E-state index >= 15 is 0 Å². The molecule has 0 bridgehead atoms. The highest BCUT2D eigenvalue weighted by atomic mass is 16.6. The largest absolute Gasteiger partial charge is 0.459 e. The third kappa shape index (κ3) is 10.5. The van der Waals surface area contributed by atoms with Gasteiger partial charge in [0.25, 0.3) is 0 Å². The fraction of sp³-hybridized carbons (Fsp3) is 0.154. The summed E-state index contributed by atoms with van der Waals surface area (Å²) in [5.74, 6) is -2.63. The molecule has 0 aliphatic heterocycles. The standard InChI is InChI=1S/C39H34O9/c1-27-25-31(15-17-33(27)38(43)47-23-21-45-35(40)19-13-29-9-5-3-6-10-29)37(42)32-16-18-34(28(2)26-32)39(44)48-24-22-46-36(41)20-14-30-11-7-4-8-12-30/h3-20,25-26H,21-24H2,1-2H3. The van der Waals surface area contributed by atoms with Gasteiger partial charge in [-0.15, -0.1) is 0 Å². The molecule has 0 radical (unpaired) electrons. The Labute approximate surface area is 278 Å². The quantitative estimate of drug-likeness (QED) is 0.0506. The van der Waals surface area contributed by atoms with E-state index in [1.165, 1.54) is 36.4 Å². The summed E-state index contributed by atoms with van der Waals surface area (Å²) in [7, 11) is 0. The van der Waals surface area contributed by atoms with E-state index in [1.54, 1.807) is 38.1 Å². The maximum atomic E-state index is 13.2. The van der Waals surface area contributed by atoms with Crippen LogP contribution in [0.2, 0.25) is 0 Å². The minimum absolute atomic E-state index is 0.109. The first-order valence-electron chi connectivity index (χ1n) is 15.1. The molecule has 0 saturated heterocycles. The van der Waals surface area contributed by atoms with Crippen LogP contribution in [0.25, 0.3) is 12.2 Å². The third-order valence-corrected chi connectivity index (χ3v) is 6.96. The van der Waals surface area contributed by atoms with Crippen molar-refractivity contribution in [1.82, 2.24) is 0 Å². The summed E-state index contributed by atoms with van der Waals surface area (Å²) in [4.78, 5) is 62.2. The van der Waals surface area contributed by atoms with Crippen molar-refractivity contribution in [2.45, 2.75) is 13.8 Å². The second-order valence-corrected chi connectivity index (χ2v) is 10.5. The van der Waals surface area contributed by atoms with Gasteiger partial charge in [-0.2, -0.15) is 0 Å². The average Bonchev–Trinajstić information content (AvgIpc) is 3.10. The van der Waals surface area contributed by atoms with Gasteiger partial charge in [0.15, 0.2) is 5.78 Å². The molecule has 9 nitrogen and oxygen atoms in total. The first kappa shape index (κ1) is 34.8. The van der Waals surface area contributed by atoms with Crippen molar-refractivity contribution in [2.24, 2.45) is 0 Å². The van der Waals surface area contributed by atoms with Gasteiger partial charge in [0.1, 0.15) is 26.4 Å². The molecule has 4 aromatic carbocycles. The molecule has 48 heavy (non-hydrogen) atoms. The molecule has 0 amide bonds. The van der Waals surface area contributed by atoms with E-state index in [1.807, 2.05) is 60.7 Å². The van der Waals surface area contributed by atoms with Crippen LogP contribution in [-0.4, -0.2) is 56.1 Å². The molecule has 4 rings (SSSR count). The Kier molecular flexibility index (Phi) is 12.7. The van der Waals surface area contributed by atoms with Crippen LogP contribution in [0.4, 0.5) is 0 Å². The number of benzene rings is 4. The number of ketones is 1. The molecule has 9 heteroatoms. The highest BCUT2D eigenvalue weighted by Gasteiger charge is 2.18. The van der Waals surface area contributed by atoms with E-state index in [0.29, 0.717) is 22.3 Å². The molecule has 0 saturated carbocycles. The van der Waals surface area contributed by atoms with Crippen molar-refractivity contribution in [2.75, 3.05) is 26.4 Å². The Morgan fingerprint density at radius 3 is 1.25 bits per heavy atom. The highest BCUT2D eigenvalue weighted by molar-refractivity contribution is 6.10. The molecule has 0 spiro atoms. The molecule has 0 N–H and O–H groups in total. The van der Waals surface area contributed by atoms with Crippen LogP contribution in [0.1, 0.15) is 58.9 Å². The molecule has 0 unspecified atom stereocenters. The van der Waals surface area contributed by atoms with Gasteiger partial charge in [-0.3, -0.25) is 4.79 Å². The summed E-state index contributed by atoms with van der Waals surface area (Å²) >= 11 is 0. The molecule has 0 heterocycles. The number of esters is 4. The fourth-order valence-corrected chi connectivity index (χ4v) is 4.50. The van der Waals surface area contributed by atoms with Crippen LogP contribution in [0.5, 0.6) is 0 Å². The van der Waals surface area contributed by atoms with Gasteiger partial charge in [0, 0.05) is 23.3 Å². The minimum Gasteiger partial charge on any atom is -0.459 e. The first-order valence-corrected chi connectivity index (χ1v) is 15.1. The maximum Gasteiger partial charge on any atom is 0.338 e. The summed E-state index contributed by atoms with van der Waals surface area (Å²) in [6.07, 6.45) is 5.85. The van der Waals surface area contributed by atoms with E-state index in [-0.39, 0.29) is 43.3 Å². The zero-order chi connectivity index (χ0) is 34.3. The van der Waals surface area contributed by atoms with Crippen molar-refractivity contribution in [1.29, 1.82) is 0 Å². The summed E-state index contributed by atoms with van der Waals surface area (Å²) in [5.41, 5.74) is 4.01. The van der Waals surface area contributed by atoms with Crippen LogP contribution in [-0.2, 0) is 28.5 Å². The summed E-state index contributed by atoms with van der Waals surface area (Å²) in [6, 6.07) is 27.8. The van der Waals surface area contributed by atoms with Crippen LogP contribution in [0.3, 0.4) is 0 Å². The number of aryl methyl sites for hydroxylation is 2. The highest BCUT2D eigenvalue weighted by Crippen LogP contribution is 2.19. The van der Waals surface area contributed by atoms with Crippen molar-refractivity contribution in [3.63, 3.8) is 0 Å². The molecule has 0 aromatic heterocycles. The van der Waals surface area contributed by atoms with Crippen molar-refractivity contribution >= 4 is 41.8 Å². The van der Waals surface area contributed by atoms with E-state index in [9.17, 15) is 24.0 Å². The Morgan fingerprint density at radius 1 is 0.500 bits per heavy atom. The molecular formula is C39H34O9. The lowest BCUT2D eigenvalue weighted by Crippen LogP contribution is -2.15. The normalized spacial score (nSPS) is 10.9. The van der Waals surface area contributed by atoms with Crippen LogP contribution in [0, 0.1) is 13.8 Å². The zero-order valence-electron chi connectivity index (χ0n) is 26.5. The molecular weight excluding hydrogens is 612 g/mol. The molecule has 0 aliphatic rings. The van der Waals surface area contributed by atoms with Crippen LogP contribution < -0.4 is 0 Å². The van der Waals surface area contributed by atoms with Crippen molar-refractivity contribution in [3.8, 4) is 0 Å². The number of carbonyl (C=O) groups is 5. The lowest BCUT2D eigenvalue weighted by atomic mass is 9.96. The van der Waals surface area contributed by atoms with E-state index in [2.05, 4.69) is 0 Å². The topological polar surface area (TPSA) is 122 Å². The van der Waals surface area contributed by atoms with Crippen molar-refractivity contribution in [3.05, 3.63) is 154 Å². The zero-order valence-corrected chi connectivity index (χ0v) is 26.5. The van der Waals surface area contributed by atoms with Gasteiger partial charge < -0.3 is 18.9 Å². The first-order chi connectivity index (χ1) is 23.2. The van der Waals surface area contributed by atoms with Gasteiger partial charge in [-0.25, -0.2) is 19.2 Å². The summed E-state index contributed by atoms with van der Waals surface area (Å²) in [6.45, 7) is 2.89. The van der Waals surface area contributed by atoms with Gasteiger partial charge in [0.05, 0.1) is 11.1 Å². The number of carbonyl (C=O) groups excluding carboxylic acids is 5. The predicted molar refractivity (Wildman–Crippen MR) is 179 cm³/mol. The van der Waals surface area contributed by atoms with E-state index in [0.717, 1.165) is 11.1 Å². The van der Waals surface area contributed by atoms with Crippen LogP contribution in [0.15, 0.2) is 109 Å². The Morgan fingerprint density at radius 2 is 0.875 bits per heavy atom. The Bertz CT molecular complexity index is 1690. The average molecular weight is 647 g/mol. The number of ether oxygens (including phenoxy) is 4. The number of hydrogen-bond donors (Lipinski definition) is 0. The van der Waals surface area contributed by atoms with Crippen LogP contribution >= 0.6 is 0 Å². The van der Waals surface area contributed by atoms with Gasteiger partial charge in [-0.05, 0) is 72.5 Å².